The van der Waals surface area contributed by atoms with Gasteiger partial charge < -0.3 is 10.1 Å². The topological polar surface area (TPSA) is 21.3 Å². The van der Waals surface area contributed by atoms with Crippen LogP contribution >= 0.6 is 0 Å². The van der Waals surface area contributed by atoms with E-state index < -0.39 is 6.61 Å². The molecule has 106 valence electrons. The summed E-state index contributed by atoms with van der Waals surface area (Å²) >= 11 is 0. The van der Waals surface area contributed by atoms with E-state index in [4.69, 9.17) is 0 Å². The van der Waals surface area contributed by atoms with E-state index in [0.29, 0.717) is 11.3 Å². The number of ether oxygens (including phenoxy) is 1. The third-order valence-electron chi connectivity index (χ3n) is 2.83. The second-order valence-electron chi connectivity index (χ2n) is 4.29. The molecular formula is C15H14F3NO. The highest BCUT2D eigenvalue weighted by atomic mass is 19.3. The monoisotopic (exact) mass is 281 g/mol. The molecule has 0 saturated carbocycles. The molecule has 2 aromatic carbocycles. The molecule has 0 aliphatic carbocycles. The summed E-state index contributed by atoms with van der Waals surface area (Å²) < 4.78 is 41.9. The van der Waals surface area contributed by atoms with E-state index >= 15 is 0 Å². The van der Waals surface area contributed by atoms with Gasteiger partial charge in [0.1, 0.15) is 11.6 Å². The van der Waals surface area contributed by atoms with Gasteiger partial charge >= 0.3 is 6.61 Å². The van der Waals surface area contributed by atoms with Gasteiger partial charge in [0, 0.05) is 11.3 Å². The highest BCUT2D eigenvalue weighted by Crippen LogP contribution is 2.23. The quantitative estimate of drug-likeness (QED) is 0.864. The van der Waals surface area contributed by atoms with Crippen LogP contribution in [0.4, 0.5) is 18.9 Å². The molecule has 1 N–H and O–H groups in total. The molecule has 2 rings (SSSR count). The van der Waals surface area contributed by atoms with Gasteiger partial charge in [-0.15, -0.1) is 0 Å². The lowest BCUT2D eigenvalue weighted by molar-refractivity contribution is -0.0498. The third-order valence-corrected chi connectivity index (χ3v) is 2.83. The maximum absolute atomic E-state index is 13.6. The lowest BCUT2D eigenvalue weighted by Crippen LogP contribution is -2.08. The molecule has 0 amide bonds. The van der Waals surface area contributed by atoms with E-state index in [1.165, 1.54) is 18.2 Å². The summed E-state index contributed by atoms with van der Waals surface area (Å²) in [6.45, 7) is -1.02. The first-order valence-corrected chi connectivity index (χ1v) is 6.12. The Bertz CT molecular complexity index is 557. The van der Waals surface area contributed by atoms with Crippen molar-refractivity contribution in [2.75, 3.05) is 5.32 Å². The lowest BCUT2D eigenvalue weighted by Gasteiger charge is -2.16. The molecule has 0 radical (unpaired) electrons. The van der Waals surface area contributed by atoms with Crippen molar-refractivity contribution in [3.8, 4) is 5.75 Å². The molecule has 0 aliphatic rings. The van der Waals surface area contributed by atoms with Gasteiger partial charge in [0.15, 0.2) is 0 Å². The molecule has 2 nitrogen and oxygen atoms in total. The SMILES string of the molecule is CC(Nc1ccc(OC(F)F)cc1)c1ccccc1F. The Hall–Kier alpha value is -2.17. The van der Waals surface area contributed by atoms with Crippen LogP contribution < -0.4 is 10.1 Å². The van der Waals surface area contributed by atoms with Gasteiger partial charge in [-0.1, -0.05) is 18.2 Å². The molecule has 1 unspecified atom stereocenters. The summed E-state index contributed by atoms with van der Waals surface area (Å²) in [7, 11) is 0. The van der Waals surface area contributed by atoms with Gasteiger partial charge in [-0.3, -0.25) is 0 Å². The maximum Gasteiger partial charge on any atom is 0.387 e. The van der Waals surface area contributed by atoms with Crippen LogP contribution in [-0.4, -0.2) is 6.61 Å². The van der Waals surface area contributed by atoms with Gasteiger partial charge in [-0.2, -0.15) is 8.78 Å². The average molecular weight is 281 g/mol. The van der Waals surface area contributed by atoms with Crippen LogP contribution in [0.5, 0.6) is 5.75 Å². The summed E-state index contributed by atoms with van der Waals surface area (Å²) in [5, 5.41) is 3.10. The predicted molar refractivity (Wildman–Crippen MR) is 71.5 cm³/mol. The summed E-state index contributed by atoms with van der Waals surface area (Å²) in [5.74, 6) is -0.200. The normalized spacial score (nSPS) is 12.2. The van der Waals surface area contributed by atoms with Crippen molar-refractivity contribution >= 4 is 5.69 Å². The number of hydrogen-bond donors (Lipinski definition) is 1. The molecule has 0 fully saturated rings. The van der Waals surface area contributed by atoms with Crippen molar-refractivity contribution in [2.24, 2.45) is 0 Å². The Morgan fingerprint density at radius 3 is 2.25 bits per heavy atom. The van der Waals surface area contributed by atoms with Crippen LogP contribution in [0.1, 0.15) is 18.5 Å². The molecule has 0 aliphatic heterocycles. The maximum atomic E-state index is 13.6. The van der Waals surface area contributed by atoms with Crippen LogP contribution in [0.15, 0.2) is 48.5 Å². The summed E-state index contributed by atoms with van der Waals surface area (Å²) in [4.78, 5) is 0. The molecule has 5 heteroatoms. The van der Waals surface area contributed by atoms with Gasteiger partial charge in [0.2, 0.25) is 0 Å². The summed E-state index contributed by atoms with van der Waals surface area (Å²) in [6, 6.07) is 12.3. The van der Waals surface area contributed by atoms with Crippen molar-refractivity contribution in [1.82, 2.24) is 0 Å². The first-order valence-electron chi connectivity index (χ1n) is 6.12. The minimum absolute atomic E-state index is 0.0871. The molecule has 0 saturated heterocycles. The molecule has 0 spiro atoms. The molecule has 2 aromatic rings. The minimum Gasteiger partial charge on any atom is -0.435 e. The van der Waals surface area contributed by atoms with E-state index in [2.05, 4.69) is 10.1 Å². The number of halogens is 3. The van der Waals surface area contributed by atoms with Crippen molar-refractivity contribution in [3.63, 3.8) is 0 Å². The van der Waals surface area contributed by atoms with Crippen molar-refractivity contribution in [2.45, 2.75) is 19.6 Å². The smallest absolute Gasteiger partial charge is 0.387 e. The van der Waals surface area contributed by atoms with E-state index in [1.807, 2.05) is 6.92 Å². The van der Waals surface area contributed by atoms with Crippen LogP contribution in [-0.2, 0) is 0 Å². The van der Waals surface area contributed by atoms with Gasteiger partial charge in [-0.25, -0.2) is 4.39 Å². The first kappa shape index (κ1) is 14.2. The Balaban J connectivity index is 2.05. The Morgan fingerprint density at radius 2 is 1.65 bits per heavy atom. The second-order valence-corrected chi connectivity index (χ2v) is 4.29. The van der Waals surface area contributed by atoms with Gasteiger partial charge in [0.05, 0.1) is 6.04 Å². The van der Waals surface area contributed by atoms with E-state index in [9.17, 15) is 13.2 Å². The molecule has 0 heterocycles. The summed E-state index contributed by atoms with van der Waals surface area (Å²) in [6.07, 6.45) is 0. The fourth-order valence-electron chi connectivity index (χ4n) is 1.89. The number of benzene rings is 2. The first-order chi connectivity index (χ1) is 9.56. The number of hydrogen-bond acceptors (Lipinski definition) is 2. The standard InChI is InChI=1S/C15H14F3NO/c1-10(13-4-2-3-5-14(13)16)19-11-6-8-12(9-7-11)20-15(17)18/h2-10,15,19H,1H3. The van der Waals surface area contributed by atoms with Crippen molar-refractivity contribution in [1.29, 1.82) is 0 Å². The molecule has 1 atom stereocenters. The number of nitrogens with one attached hydrogen (secondary N) is 1. The van der Waals surface area contributed by atoms with Crippen molar-refractivity contribution in [3.05, 3.63) is 59.9 Å². The fourth-order valence-corrected chi connectivity index (χ4v) is 1.89. The Morgan fingerprint density at radius 1 is 1.00 bits per heavy atom. The van der Waals surface area contributed by atoms with Gasteiger partial charge in [0.25, 0.3) is 0 Å². The molecular weight excluding hydrogens is 267 g/mol. The number of anilines is 1. The highest BCUT2D eigenvalue weighted by molar-refractivity contribution is 5.48. The Kier molecular flexibility index (Phi) is 4.50. The average Bonchev–Trinajstić information content (AvgIpc) is 2.41. The predicted octanol–water partition coefficient (Wildman–Crippen LogP) is 4.60. The van der Waals surface area contributed by atoms with Crippen molar-refractivity contribution < 1.29 is 17.9 Å². The zero-order chi connectivity index (χ0) is 14.5. The highest BCUT2D eigenvalue weighted by Gasteiger charge is 2.10. The zero-order valence-electron chi connectivity index (χ0n) is 10.8. The molecule has 0 aromatic heterocycles. The number of alkyl halides is 2. The van der Waals surface area contributed by atoms with Crippen LogP contribution in [0, 0.1) is 5.82 Å². The van der Waals surface area contributed by atoms with Gasteiger partial charge in [-0.05, 0) is 37.3 Å². The minimum atomic E-state index is -2.84. The zero-order valence-corrected chi connectivity index (χ0v) is 10.8. The fraction of sp³-hybridized carbons (Fsp3) is 0.200. The van der Waals surface area contributed by atoms with E-state index in [0.717, 1.165) is 0 Å². The van der Waals surface area contributed by atoms with Crippen LogP contribution in [0.3, 0.4) is 0 Å². The Labute approximate surface area is 115 Å². The van der Waals surface area contributed by atoms with E-state index in [-0.39, 0.29) is 17.6 Å². The largest absolute Gasteiger partial charge is 0.435 e. The number of rotatable bonds is 5. The van der Waals surface area contributed by atoms with Crippen LogP contribution in [0.2, 0.25) is 0 Å². The lowest BCUT2D eigenvalue weighted by atomic mass is 10.1. The third kappa shape index (κ3) is 3.66. The van der Waals surface area contributed by atoms with E-state index in [1.54, 1.807) is 30.3 Å². The molecule has 20 heavy (non-hydrogen) atoms. The molecule has 0 bridgehead atoms. The van der Waals surface area contributed by atoms with Crippen LogP contribution in [0.25, 0.3) is 0 Å². The summed E-state index contributed by atoms with van der Waals surface area (Å²) in [5.41, 5.74) is 1.24. The second kappa shape index (κ2) is 6.32.